The molecule has 0 saturated heterocycles. The highest BCUT2D eigenvalue weighted by atomic mass is 16.6. The van der Waals surface area contributed by atoms with Gasteiger partial charge < -0.3 is 14.2 Å². The van der Waals surface area contributed by atoms with Crippen molar-refractivity contribution in [3.63, 3.8) is 0 Å². The molecule has 0 aliphatic rings. The molecule has 0 aromatic rings. The Morgan fingerprint density at radius 2 is 0.478 bits per heavy atom. The first-order valence-electron chi connectivity index (χ1n) is 31.2. The minimum atomic E-state index is -0.769. The predicted octanol–water partition coefficient (Wildman–Crippen LogP) is 20.9. The minimum absolute atomic E-state index is 0.0671. The number of unbranched alkanes of at least 4 members (excludes halogenated alkanes) is 45. The molecule has 6 heteroatoms. The standard InChI is InChI=1S/C63H120O6/c1-4-7-10-13-16-19-22-25-27-29-30-31-32-33-34-36-38-41-44-47-50-53-56-62(65)68-59-60(58-67-61(64)55-52-49-46-43-40-37-24-21-18-15-12-9-6-3)69-63(66)57-54-51-48-45-42-39-35-28-26-23-20-17-14-11-8-5-2/h28,35,60H,4-27,29-34,36-59H2,1-3H3/b35-28-. The lowest BCUT2D eigenvalue weighted by atomic mass is 10.0. The number of carbonyl (C=O) groups is 3. The average molecular weight is 974 g/mol. The van der Waals surface area contributed by atoms with Crippen LogP contribution in [0.4, 0.5) is 0 Å². The van der Waals surface area contributed by atoms with Gasteiger partial charge in [-0.2, -0.15) is 0 Å². The molecular formula is C63H120O6. The number of ether oxygens (including phenoxy) is 3. The fourth-order valence-electron chi connectivity index (χ4n) is 9.56. The molecule has 69 heavy (non-hydrogen) atoms. The fraction of sp³-hybridized carbons (Fsp3) is 0.921. The van der Waals surface area contributed by atoms with Gasteiger partial charge in [-0.3, -0.25) is 14.4 Å². The Hall–Kier alpha value is -1.85. The third-order valence-corrected chi connectivity index (χ3v) is 14.3. The van der Waals surface area contributed by atoms with Crippen molar-refractivity contribution < 1.29 is 28.6 Å². The average Bonchev–Trinajstić information content (AvgIpc) is 3.35. The van der Waals surface area contributed by atoms with Gasteiger partial charge in [0.1, 0.15) is 13.2 Å². The summed E-state index contributed by atoms with van der Waals surface area (Å²) in [7, 11) is 0. The molecule has 0 aliphatic heterocycles. The zero-order valence-electron chi connectivity index (χ0n) is 46.9. The van der Waals surface area contributed by atoms with Crippen LogP contribution in [0.5, 0.6) is 0 Å². The van der Waals surface area contributed by atoms with Crippen LogP contribution in [0.1, 0.15) is 355 Å². The van der Waals surface area contributed by atoms with E-state index in [0.29, 0.717) is 19.3 Å². The quantitative estimate of drug-likeness (QED) is 0.0261. The Morgan fingerprint density at radius 3 is 0.725 bits per heavy atom. The largest absolute Gasteiger partial charge is 0.462 e. The van der Waals surface area contributed by atoms with Crippen LogP contribution in [0.15, 0.2) is 12.2 Å². The maximum atomic E-state index is 12.9. The van der Waals surface area contributed by atoms with Crippen LogP contribution in [-0.2, 0) is 28.6 Å². The van der Waals surface area contributed by atoms with Crippen molar-refractivity contribution >= 4 is 17.9 Å². The number of esters is 3. The lowest BCUT2D eigenvalue weighted by Crippen LogP contribution is -2.30. The molecule has 0 aromatic carbocycles. The topological polar surface area (TPSA) is 78.9 Å². The van der Waals surface area contributed by atoms with Gasteiger partial charge in [0.15, 0.2) is 6.10 Å². The van der Waals surface area contributed by atoms with Crippen molar-refractivity contribution in [2.45, 2.75) is 361 Å². The van der Waals surface area contributed by atoms with Gasteiger partial charge in [0, 0.05) is 19.3 Å². The smallest absolute Gasteiger partial charge is 0.306 e. The van der Waals surface area contributed by atoms with Crippen molar-refractivity contribution in [3.05, 3.63) is 12.2 Å². The zero-order valence-corrected chi connectivity index (χ0v) is 46.9. The molecule has 0 radical (unpaired) electrons. The summed E-state index contributed by atoms with van der Waals surface area (Å²) < 4.78 is 16.9. The molecule has 0 bridgehead atoms. The maximum Gasteiger partial charge on any atom is 0.306 e. The predicted molar refractivity (Wildman–Crippen MR) is 298 cm³/mol. The minimum Gasteiger partial charge on any atom is -0.462 e. The summed E-state index contributed by atoms with van der Waals surface area (Å²) in [4.78, 5) is 38.2. The molecule has 408 valence electrons. The molecule has 1 unspecified atom stereocenters. The van der Waals surface area contributed by atoms with Crippen LogP contribution in [0.25, 0.3) is 0 Å². The van der Waals surface area contributed by atoms with E-state index in [1.54, 1.807) is 0 Å². The Labute approximate surface area is 431 Å². The fourth-order valence-corrected chi connectivity index (χ4v) is 9.56. The molecule has 0 saturated carbocycles. The highest BCUT2D eigenvalue weighted by Crippen LogP contribution is 2.18. The Kier molecular flexibility index (Phi) is 57.1. The van der Waals surface area contributed by atoms with Crippen molar-refractivity contribution in [3.8, 4) is 0 Å². The molecule has 0 amide bonds. The number of hydrogen-bond acceptors (Lipinski definition) is 6. The molecule has 0 rings (SSSR count). The van der Waals surface area contributed by atoms with Gasteiger partial charge in [-0.25, -0.2) is 0 Å². The van der Waals surface area contributed by atoms with Crippen LogP contribution in [0, 0.1) is 0 Å². The first-order chi connectivity index (χ1) is 34.0. The van der Waals surface area contributed by atoms with Crippen LogP contribution < -0.4 is 0 Å². The molecule has 0 aromatic heterocycles. The van der Waals surface area contributed by atoms with E-state index in [4.69, 9.17) is 14.2 Å². The second kappa shape index (κ2) is 58.7. The van der Waals surface area contributed by atoms with E-state index < -0.39 is 6.10 Å². The third-order valence-electron chi connectivity index (χ3n) is 14.3. The molecule has 1 atom stereocenters. The summed E-state index contributed by atoms with van der Waals surface area (Å²) in [5, 5.41) is 0. The molecule has 0 heterocycles. The van der Waals surface area contributed by atoms with Gasteiger partial charge in [-0.15, -0.1) is 0 Å². The summed E-state index contributed by atoms with van der Waals surface area (Å²) in [5.41, 5.74) is 0. The monoisotopic (exact) mass is 973 g/mol. The van der Waals surface area contributed by atoms with Gasteiger partial charge in [0.05, 0.1) is 0 Å². The van der Waals surface area contributed by atoms with Crippen LogP contribution >= 0.6 is 0 Å². The van der Waals surface area contributed by atoms with Gasteiger partial charge in [-0.05, 0) is 44.9 Å². The molecule has 0 N–H and O–H groups in total. The summed E-state index contributed by atoms with van der Waals surface area (Å²) in [6.45, 7) is 6.70. The Balaban J connectivity index is 4.25. The van der Waals surface area contributed by atoms with E-state index in [2.05, 4.69) is 32.9 Å². The number of allylic oxidation sites excluding steroid dienone is 2. The van der Waals surface area contributed by atoms with E-state index in [1.807, 2.05) is 0 Å². The third kappa shape index (κ3) is 56.9. The Bertz CT molecular complexity index is 1070. The van der Waals surface area contributed by atoms with E-state index in [9.17, 15) is 14.4 Å². The van der Waals surface area contributed by atoms with Crippen molar-refractivity contribution in [2.75, 3.05) is 13.2 Å². The zero-order chi connectivity index (χ0) is 50.0. The van der Waals surface area contributed by atoms with Gasteiger partial charge >= 0.3 is 17.9 Å². The van der Waals surface area contributed by atoms with Gasteiger partial charge in [0.2, 0.25) is 0 Å². The summed E-state index contributed by atoms with van der Waals surface area (Å²) in [5.74, 6) is -0.848. The normalized spacial score (nSPS) is 12.0. The second-order valence-corrected chi connectivity index (χ2v) is 21.3. The first kappa shape index (κ1) is 67.1. The Morgan fingerprint density at radius 1 is 0.275 bits per heavy atom. The highest BCUT2D eigenvalue weighted by Gasteiger charge is 2.19. The maximum absolute atomic E-state index is 12.9. The van der Waals surface area contributed by atoms with Crippen molar-refractivity contribution in [1.29, 1.82) is 0 Å². The first-order valence-corrected chi connectivity index (χ1v) is 31.2. The van der Waals surface area contributed by atoms with Gasteiger partial charge in [-0.1, -0.05) is 303 Å². The number of rotatable bonds is 58. The highest BCUT2D eigenvalue weighted by molar-refractivity contribution is 5.71. The number of carbonyl (C=O) groups excluding carboxylic acids is 3. The van der Waals surface area contributed by atoms with Crippen molar-refractivity contribution in [1.82, 2.24) is 0 Å². The molecule has 0 aliphatic carbocycles. The van der Waals surface area contributed by atoms with Crippen molar-refractivity contribution in [2.24, 2.45) is 0 Å². The van der Waals surface area contributed by atoms with E-state index in [-0.39, 0.29) is 31.1 Å². The SMILES string of the molecule is CCCCCCCCC/C=C\CCCCCCCC(=O)OC(COC(=O)CCCCCCCCCCCCCCC)COC(=O)CCCCCCCCCCCCCCCCCCCCCCCC. The van der Waals surface area contributed by atoms with E-state index in [0.717, 1.165) is 64.2 Å². The lowest BCUT2D eigenvalue weighted by Gasteiger charge is -2.18. The van der Waals surface area contributed by atoms with E-state index in [1.165, 1.54) is 250 Å². The molecule has 0 spiro atoms. The van der Waals surface area contributed by atoms with Crippen LogP contribution in [-0.4, -0.2) is 37.2 Å². The lowest BCUT2D eigenvalue weighted by molar-refractivity contribution is -0.167. The summed E-state index contributed by atoms with van der Waals surface area (Å²) >= 11 is 0. The van der Waals surface area contributed by atoms with E-state index >= 15 is 0 Å². The second-order valence-electron chi connectivity index (χ2n) is 21.3. The van der Waals surface area contributed by atoms with Crippen LogP contribution in [0.3, 0.4) is 0 Å². The number of hydrogen-bond donors (Lipinski definition) is 0. The molecular weight excluding hydrogens is 853 g/mol. The molecule has 0 fully saturated rings. The van der Waals surface area contributed by atoms with Crippen LogP contribution in [0.2, 0.25) is 0 Å². The summed E-state index contributed by atoms with van der Waals surface area (Å²) in [6.07, 6.45) is 67.9. The molecule has 6 nitrogen and oxygen atoms in total. The van der Waals surface area contributed by atoms with Gasteiger partial charge in [0.25, 0.3) is 0 Å². The summed E-state index contributed by atoms with van der Waals surface area (Å²) in [6, 6.07) is 0.